The Labute approximate surface area is 124 Å². The highest BCUT2D eigenvalue weighted by molar-refractivity contribution is 7.85. The summed E-state index contributed by atoms with van der Waals surface area (Å²) < 4.78 is 11.5. The van der Waals surface area contributed by atoms with Crippen molar-refractivity contribution in [2.24, 2.45) is 0 Å². The molecule has 0 unspecified atom stereocenters. The molecule has 0 saturated carbocycles. The molecule has 0 aliphatic carbocycles. The van der Waals surface area contributed by atoms with E-state index in [1.165, 1.54) is 5.56 Å². The van der Waals surface area contributed by atoms with E-state index in [1.807, 2.05) is 0 Å². The van der Waals surface area contributed by atoms with Gasteiger partial charge in [-0.3, -0.25) is 4.21 Å². The van der Waals surface area contributed by atoms with Crippen molar-refractivity contribution in [2.45, 2.75) is 39.8 Å². The molecule has 0 radical (unpaired) electrons. The number of hydrogen-bond acceptors (Lipinski definition) is 4. The molecule has 1 aromatic rings. The lowest BCUT2D eigenvalue weighted by Crippen LogP contribution is -2.38. The number of anilines is 1. The Bertz CT molecular complexity index is 466. The molecule has 1 aliphatic heterocycles. The Kier molecular flexibility index (Phi) is 5.54. The predicted octanol–water partition coefficient (Wildman–Crippen LogP) is 1.71. The quantitative estimate of drug-likeness (QED) is 0.898. The second-order valence-corrected chi connectivity index (χ2v) is 7.25. The molecule has 20 heavy (non-hydrogen) atoms. The zero-order valence-electron chi connectivity index (χ0n) is 12.7. The largest absolute Gasteiger partial charge is 0.355 e. The Morgan fingerprint density at radius 3 is 2.65 bits per heavy atom. The van der Waals surface area contributed by atoms with Crippen LogP contribution in [0.5, 0.6) is 0 Å². The van der Waals surface area contributed by atoms with Gasteiger partial charge in [0.1, 0.15) is 5.82 Å². The molecule has 1 N–H and O–H groups in total. The van der Waals surface area contributed by atoms with Gasteiger partial charge in [0.25, 0.3) is 0 Å². The van der Waals surface area contributed by atoms with Crippen LogP contribution >= 0.6 is 0 Å². The van der Waals surface area contributed by atoms with Gasteiger partial charge in [-0.25, -0.2) is 4.98 Å². The van der Waals surface area contributed by atoms with Gasteiger partial charge < -0.3 is 10.2 Å². The number of aryl methyl sites for hydroxylation is 1. The molecular weight excluding hydrogens is 270 g/mol. The van der Waals surface area contributed by atoms with Crippen LogP contribution in [0.25, 0.3) is 0 Å². The van der Waals surface area contributed by atoms with Crippen molar-refractivity contribution in [1.82, 2.24) is 10.3 Å². The molecule has 0 atom stereocenters. The first-order valence-electron chi connectivity index (χ1n) is 7.41. The highest BCUT2D eigenvalue weighted by atomic mass is 32.2. The summed E-state index contributed by atoms with van der Waals surface area (Å²) in [6.45, 7) is 9.02. The molecule has 1 fully saturated rings. The normalized spacial score (nSPS) is 16.9. The number of rotatable bonds is 5. The van der Waals surface area contributed by atoms with Crippen molar-refractivity contribution < 1.29 is 4.21 Å². The van der Waals surface area contributed by atoms with Crippen LogP contribution in [0, 0.1) is 0 Å². The summed E-state index contributed by atoms with van der Waals surface area (Å²) in [7, 11) is -0.639. The number of nitrogens with zero attached hydrogens (tertiary/aromatic N) is 2. The van der Waals surface area contributed by atoms with E-state index in [1.54, 1.807) is 0 Å². The monoisotopic (exact) mass is 295 g/mol. The summed E-state index contributed by atoms with van der Waals surface area (Å²) in [6, 6.07) is 4.83. The molecule has 0 aromatic carbocycles. The van der Waals surface area contributed by atoms with E-state index < -0.39 is 10.8 Å². The number of pyridine rings is 1. The average molecular weight is 295 g/mol. The van der Waals surface area contributed by atoms with E-state index in [9.17, 15) is 4.21 Å². The maximum absolute atomic E-state index is 11.5. The van der Waals surface area contributed by atoms with Gasteiger partial charge in [-0.2, -0.15) is 0 Å². The van der Waals surface area contributed by atoms with Crippen LogP contribution in [-0.2, 0) is 23.8 Å². The van der Waals surface area contributed by atoms with E-state index in [2.05, 4.69) is 43.1 Å². The van der Waals surface area contributed by atoms with Crippen LogP contribution in [0.15, 0.2) is 12.1 Å². The van der Waals surface area contributed by atoms with Crippen LogP contribution in [0.1, 0.15) is 32.0 Å². The van der Waals surface area contributed by atoms with Gasteiger partial charge in [-0.05, 0) is 24.1 Å². The van der Waals surface area contributed by atoms with Gasteiger partial charge in [-0.1, -0.05) is 20.8 Å². The summed E-state index contributed by atoms with van der Waals surface area (Å²) in [5, 5.41) is 3.46. The second kappa shape index (κ2) is 7.18. The lowest BCUT2D eigenvalue weighted by molar-refractivity contribution is 0.588. The highest BCUT2D eigenvalue weighted by Gasteiger charge is 2.17. The van der Waals surface area contributed by atoms with Crippen molar-refractivity contribution in [2.75, 3.05) is 29.5 Å². The molecule has 2 heterocycles. The van der Waals surface area contributed by atoms with Crippen molar-refractivity contribution in [3.8, 4) is 0 Å². The second-order valence-electron chi connectivity index (χ2n) is 5.55. The van der Waals surface area contributed by atoms with Crippen LogP contribution < -0.4 is 10.2 Å². The molecule has 0 spiro atoms. The Balaban J connectivity index is 2.14. The molecule has 1 aromatic heterocycles. The van der Waals surface area contributed by atoms with Crippen molar-refractivity contribution in [3.05, 3.63) is 23.4 Å². The first-order valence-corrected chi connectivity index (χ1v) is 8.90. The van der Waals surface area contributed by atoms with E-state index in [0.717, 1.165) is 49.1 Å². The third-order valence-electron chi connectivity index (χ3n) is 3.50. The minimum Gasteiger partial charge on any atom is -0.355 e. The molecule has 0 amide bonds. The maximum Gasteiger partial charge on any atom is 0.129 e. The number of aromatic nitrogens is 1. The summed E-state index contributed by atoms with van der Waals surface area (Å²) in [4.78, 5) is 6.99. The summed E-state index contributed by atoms with van der Waals surface area (Å²) in [6.07, 6.45) is 0.947. The lowest BCUT2D eigenvalue weighted by atomic mass is 10.1. The minimum atomic E-state index is -0.639. The fourth-order valence-corrected chi connectivity index (χ4v) is 3.32. The Morgan fingerprint density at radius 2 is 2.05 bits per heavy atom. The van der Waals surface area contributed by atoms with Crippen LogP contribution in [0.3, 0.4) is 0 Å². The SMILES string of the molecule is CCc1cc(CNC(C)C)cc(N2CCS(=O)CC2)n1. The van der Waals surface area contributed by atoms with Gasteiger partial charge in [0.2, 0.25) is 0 Å². The first kappa shape index (κ1) is 15.4. The lowest BCUT2D eigenvalue weighted by Gasteiger charge is -2.28. The summed E-state index contributed by atoms with van der Waals surface area (Å²) >= 11 is 0. The van der Waals surface area contributed by atoms with E-state index in [-0.39, 0.29) is 0 Å². The van der Waals surface area contributed by atoms with Crippen LogP contribution in [0.2, 0.25) is 0 Å². The average Bonchev–Trinajstić information content (AvgIpc) is 2.45. The van der Waals surface area contributed by atoms with Crippen molar-refractivity contribution in [3.63, 3.8) is 0 Å². The first-order chi connectivity index (χ1) is 9.58. The van der Waals surface area contributed by atoms with Gasteiger partial charge >= 0.3 is 0 Å². The van der Waals surface area contributed by atoms with Crippen molar-refractivity contribution >= 4 is 16.6 Å². The fraction of sp³-hybridized carbons (Fsp3) is 0.667. The number of hydrogen-bond donors (Lipinski definition) is 1. The van der Waals surface area contributed by atoms with Crippen molar-refractivity contribution in [1.29, 1.82) is 0 Å². The van der Waals surface area contributed by atoms with Gasteiger partial charge in [0.15, 0.2) is 0 Å². The smallest absolute Gasteiger partial charge is 0.129 e. The predicted molar refractivity (Wildman–Crippen MR) is 85.7 cm³/mol. The summed E-state index contributed by atoms with van der Waals surface area (Å²) in [5.41, 5.74) is 2.42. The molecule has 112 valence electrons. The molecule has 1 aliphatic rings. The fourth-order valence-electron chi connectivity index (χ4n) is 2.27. The molecule has 0 bridgehead atoms. The zero-order valence-corrected chi connectivity index (χ0v) is 13.5. The summed E-state index contributed by atoms with van der Waals surface area (Å²) in [5.74, 6) is 2.57. The minimum absolute atomic E-state index is 0.481. The van der Waals surface area contributed by atoms with Crippen LogP contribution in [-0.4, -0.2) is 39.8 Å². The van der Waals surface area contributed by atoms with Gasteiger partial charge in [0, 0.05) is 53.7 Å². The van der Waals surface area contributed by atoms with Gasteiger partial charge in [0.05, 0.1) is 0 Å². The Morgan fingerprint density at radius 1 is 1.35 bits per heavy atom. The third kappa shape index (κ3) is 4.28. The standard InChI is InChI=1S/C15H25N3OS/c1-4-14-9-13(11-16-12(2)3)10-15(17-14)18-5-7-20(19)8-6-18/h9-10,12,16H,4-8,11H2,1-3H3. The zero-order chi connectivity index (χ0) is 14.5. The van der Waals surface area contributed by atoms with Gasteiger partial charge in [-0.15, -0.1) is 0 Å². The van der Waals surface area contributed by atoms with E-state index >= 15 is 0 Å². The number of nitrogens with one attached hydrogen (secondary N) is 1. The van der Waals surface area contributed by atoms with E-state index in [4.69, 9.17) is 4.98 Å². The molecular formula is C15H25N3OS. The topological polar surface area (TPSA) is 45.2 Å². The molecule has 2 rings (SSSR count). The van der Waals surface area contributed by atoms with E-state index in [0.29, 0.717) is 6.04 Å². The molecule has 5 heteroatoms. The highest BCUT2D eigenvalue weighted by Crippen LogP contribution is 2.17. The Hall–Kier alpha value is -0.940. The van der Waals surface area contributed by atoms with Crippen LogP contribution in [0.4, 0.5) is 5.82 Å². The molecule has 4 nitrogen and oxygen atoms in total. The molecule has 1 saturated heterocycles. The third-order valence-corrected chi connectivity index (χ3v) is 4.78. The maximum atomic E-state index is 11.5.